The number of benzene rings is 1. The minimum absolute atomic E-state index is 0.118. The predicted octanol–water partition coefficient (Wildman–Crippen LogP) is 0.853. The van der Waals surface area contributed by atoms with E-state index in [0.717, 1.165) is 0 Å². The van der Waals surface area contributed by atoms with Crippen molar-refractivity contribution in [3.8, 4) is 0 Å². The molecule has 0 aliphatic rings. The first-order chi connectivity index (χ1) is 8.06. The highest BCUT2D eigenvalue weighted by atomic mass is 16.3. The van der Waals surface area contributed by atoms with Crippen LogP contribution < -0.4 is 5.32 Å². The average molecular weight is 237 g/mol. The fraction of sp³-hybridized carbons (Fsp3) is 0.462. The highest BCUT2D eigenvalue weighted by Gasteiger charge is 2.21. The summed E-state index contributed by atoms with van der Waals surface area (Å²) in [5, 5.41) is 21.5. The van der Waals surface area contributed by atoms with Gasteiger partial charge in [0.2, 0.25) is 0 Å². The summed E-state index contributed by atoms with van der Waals surface area (Å²) < 4.78 is 0. The fourth-order valence-electron chi connectivity index (χ4n) is 1.47. The van der Waals surface area contributed by atoms with Crippen molar-refractivity contribution >= 4 is 5.91 Å². The van der Waals surface area contributed by atoms with Crippen LogP contribution in [0.5, 0.6) is 0 Å². The Morgan fingerprint density at radius 3 is 2.35 bits per heavy atom. The molecule has 1 amide bonds. The van der Waals surface area contributed by atoms with Crippen molar-refractivity contribution < 1.29 is 15.0 Å². The zero-order valence-corrected chi connectivity index (χ0v) is 10.1. The van der Waals surface area contributed by atoms with Crippen LogP contribution in [0.2, 0.25) is 0 Å². The smallest absolute Gasteiger partial charge is 0.253 e. The van der Waals surface area contributed by atoms with Crippen molar-refractivity contribution in [3.63, 3.8) is 0 Å². The van der Waals surface area contributed by atoms with E-state index in [1.807, 2.05) is 19.9 Å². The first-order valence-corrected chi connectivity index (χ1v) is 5.70. The molecule has 0 heterocycles. The van der Waals surface area contributed by atoms with Gasteiger partial charge in [-0.15, -0.1) is 0 Å². The Morgan fingerprint density at radius 1 is 1.29 bits per heavy atom. The SMILES string of the molecule is CC(C)[C@@H](CO)NC(=O)[C@@H](O)c1ccccc1. The lowest BCUT2D eigenvalue weighted by atomic mass is 10.0. The first-order valence-electron chi connectivity index (χ1n) is 5.70. The monoisotopic (exact) mass is 237 g/mol. The summed E-state index contributed by atoms with van der Waals surface area (Å²) in [5.41, 5.74) is 0.547. The van der Waals surface area contributed by atoms with E-state index < -0.39 is 12.0 Å². The van der Waals surface area contributed by atoms with Gasteiger partial charge < -0.3 is 15.5 Å². The van der Waals surface area contributed by atoms with Crippen LogP contribution >= 0.6 is 0 Å². The van der Waals surface area contributed by atoms with Gasteiger partial charge in [0.25, 0.3) is 5.91 Å². The second-order valence-electron chi connectivity index (χ2n) is 4.35. The number of hydrogen-bond donors (Lipinski definition) is 3. The highest BCUT2D eigenvalue weighted by molar-refractivity contribution is 5.82. The van der Waals surface area contributed by atoms with Crippen molar-refractivity contribution in [1.82, 2.24) is 5.32 Å². The van der Waals surface area contributed by atoms with E-state index in [-0.39, 0.29) is 18.6 Å². The number of carbonyl (C=O) groups is 1. The standard InChI is InChI=1S/C13H19NO3/c1-9(2)11(8-15)14-13(17)12(16)10-6-4-3-5-7-10/h3-7,9,11-12,15-16H,8H2,1-2H3,(H,14,17)/t11-,12+/m1/s1. The van der Waals surface area contributed by atoms with Crippen LogP contribution in [0.3, 0.4) is 0 Å². The maximum atomic E-state index is 11.7. The highest BCUT2D eigenvalue weighted by Crippen LogP contribution is 2.13. The molecular weight excluding hydrogens is 218 g/mol. The van der Waals surface area contributed by atoms with Crippen LogP contribution in [0.25, 0.3) is 0 Å². The van der Waals surface area contributed by atoms with Gasteiger partial charge in [0.05, 0.1) is 12.6 Å². The molecular formula is C13H19NO3. The van der Waals surface area contributed by atoms with Crippen LogP contribution in [-0.4, -0.2) is 28.8 Å². The Balaban J connectivity index is 2.64. The number of rotatable bonds is 5. The normalized spacial score (nSPS) is 14.4. The summed E-state index contributed by atoms with van der Waals surface area (Å²) >= 11 is 0. The van der Waals surface area contributed by atoms with Crippen molar-refractivity contribution in [3.05, 3.63) is 35.9 Å². The third-order valence-electron chi connectivity index (χ3n) is 2.69. The van der Waals surface area contributed by atoms with Gasteiger partial charge in [-0.3, -0.25) is 4.79 Å². The molecule has 0 saturated carbocycles. The van der Waals surface area contributed by atoms with Gasteiger partial charge in [-0.05, 0) is 11.5 Å². The van der Waals surface area contributed by atoms with E-state index in [4.69, 9.17) is 5.11 Å². The van der Waals surface area contributed by atoms with Gasteiger partial charge in [-0.25, -0.2) is 0 Å². The van der Waals surface area contributed by atoms with E-state index in [0.29, 0.717) is 5.56 Å². The molecule has 4 heteroatoms. The van der Waals surface area contributed by atoms with Crippen LogP contribution in [0.4, 0.5) is 0 Å². The molecule has 0 unspecified atom stereocenters. The molecule has 0 aliphatic carbocycles. The van der Waals surface area contributed by atoms with Gasteiger partial charge >= 0.3 is 0 Å². The fourth-order valence-corrected chi connectivity index (χ4v) is 1.47. The van der Waals surface area contributed by atoms with Crippen LogP contribution in [0.1, 0.15) is 25.5 Å². The molecule has 1 aromatic rings. The van der Waals surface area contributed by atoms with Gasteiger partial charge in [0.15, 0.2) is 6.10 Å². The van der Waals surface area contributed by atoms with E-state index in [1.54, 1.807) is 24.3 Å². The van der Waals surface area contributed by atoms with Crippen LogP contribution in [0, 0.1) is 5.92 Å². The third-order valence-corrected chi connectivity index (χ3v) is 2.69. The predicted molar refractivity (Wildman–Crippen MR) is 65.3 cm³/mol. The molecule has 0 spiro atoms. The molecule has 0 fully saturated rings. The molecule has 0 aromatic heterocycles. The van der Waals surface area contributed by atoms with Crippen LogP contribution in [0.15, 0.2) is 30.3 Å². The summed E-state index contributed by atoms with van der Waals surface area (Å²) in [5.74, 6) is -0.365. The van der Waals surface area contributed by atoms with Gasteiger partial charge in [0.1, 0.15) is 0 Å². The van der Waals surface area contributed by atoms with Gasteiger partial charge in [-0.2, -0.15) is 0 Å². The molecule has 0 bridgehead atoms. The maximum absolute atomic E-state index is 11.7. The average Bonchev–Trinajstić information content (AvgIpc) is 2.35. The van der Waals surface area contributed by atoms with E-state index in [1.165, 1.54) is 0 Å². The summed E-state index contributed by atoms with van der Waals surface area (Å²) in [6.07, 6.45) is -1.19. The lowest BCUT2D eigenvalue weighted by Gasteiger charge is -2.21. The minimum Gasteiger partial charge on any atom is -0.394 e. The van der Waals surface area contributed by atoms with Crippen molar-refractivity contribution in [1.29, 1.82) is 0 Å². The lowest BCUT2D eigenvalue weighted by molar-refractivity contribution is -0.131. The Bertz CT molecular complexity index is 351. The zero-order chi connectivity index (χ0) is 12.8. The van der Waals surface area contributed by atoms with E-state index in [2.05, 4.69) is 5.32 Å². The topological polar surface area (TPSA) is 69.6 Å². The van der Waals surface area contributed by atoms with Crippen LogP contribution in [-0.2, 0) is 4.79 Å². The molecule has 0 saturated heterocycles. The maximum Gasteiger partial charge on any atom is 0.253 e. The van der Waals surface area contributed by atoms with Crippen molar-refractivity contribution in [2.75, 3.05) is 6.61 Å². The summed E-state index contributed by atoms with van der Waals surface area (Å²) in [4.78, 5) is 11.7. The molecule has 0 radical (unpaired) electrons. The summed E-state index contributed by atoms with van der Waals surface area (Å²) in [6.45, 7) is 3.66. The molecule has 1 rings (SSSR count). The van der Waals surface area contributed by atoms with Crippen molar-refractivity contribution in [2.24, 2.45) is 5.92 Å². The molecule has 1 aromatic carbocycles. The number of amides is 1. The number of nitrogens with one attached hydrogen (secondary N) is 1. The number of aliphatic hydroxyl groups excluding tert-OH is 2. The van der Waals surface area contributed by atoms with Gasteiger partial charge in [-0.1, -0.05) is 44.2 Å². The third kappa shape index (κ3) is 3.84. The first kappa shape index (κ1) is 13.7. The molecule has 2 atom stereocenters. The van der Waals surface area contributed by atoms with Gasteiger partial charge in [0, 0.05) is 0 Å². The summed E-state index contributed by atoms with van der Waals surface area (Å²) in [7, 11) is 0. The Morgan fingerprint density at radius 2 is 1.88 bits per heavy atom. The summed E-state index contributed by atoms with van der Waals surface area (Å²) in [6, 6.07) is 8.39. The Labute approximate surface area is 101 Å². The molecule has 0 aliphatic heterocycles. The number of aliphatic hydroxyl groups is 2. The molecule has 17 heavy (non-hydrogen) atoms. The molecule has 3 N–H and O–H groups in total. The van der Waals surface area contributed by atoms with E-state index in [9.17, 15) is 9.90 Å². The largest absolute Gasteiger partial charge is 0.394 e. The van der Waals surface area contributed by atoms with E-state index >= 15 is 0 Å². The Kier molecular flexibility index (Phi) is 5.12. The number of carbonyl (C=O) groups excluding carboxylic acids is 1. The Hall–Kier alpha value is -1.39. The number of hydrogen-bond acceptors (Lipinski definition) is 3. The quantitative estimate of drug-likeness (QED) is 0.711. The zero-order valence-electron chi connectivity index (χ0n) is 10.1. The lowest BCUT2D eigenvalue weighted by Crippen LogP contribution is -2.43. The van der Waals surface area contributed by atoms with Crippen molar-refractivity contribution in [2.45, 2.75) is 26.0 Å². The molecule has 94 valence electrons. The molecule has 4 nitrogen and oxygen atoms in total. The second-order valence-corrected chi connectivity index (χ2v) is 4.35. The second kappa shape index (κ2) is 6.37. The minimum atomic E-state index is -1.19.